The first-order chi connectivity index (χ1) is 16.7. The minimum Gasteiger partial charge on any atom is -0.508 e. The molecule has 3 aromatic carbocycles. The van der Waals surface area contributed by atoms with Crippen LogP contribution >= 0.6 is 34.8 Å². The summed E-state index contributed by atoms with van der Waals surface area (Å²) in [7, 11) is 2.69. The zero-order valence-electron chi connectivity index (χ0n) is 18.4. The lowest BCUT2D eigenvalue weighted by Gasteiger charge is -2.26. The maximum absolute atomic E-state index is 13.3. The Labute approximate surface area is 215 Å². The van der Waals surface area contributed by atoms with E-state index in [9.17, 15) is 19.8 Å². The molecule has 1 aliphatic heterocycles. The van der Waals surface area contributed by atoms with Crippen molar-refractivity contribution in [3.63, 3.8) is 0 Å². The summed E-state index contributed by atoms with van der Waals surface area (Å²) >= 11 is 18.7. The summed E-state index contributed by atoms with van der Waals surface area (Å²) in [6.45, 7) is 0. The van der Waals surface area contributed by atoms with E-state index < -0.39 is 23.5 Å². The lowest BCUT2D eigenvalue weighted by atomic mass is 9.94. The number of aromatic hydroxyl groups is 1. The predicted octanol–water partition coefficient (Wildman–Crippen LogP) is 6.00. The van der Waals surface area contributed by atoms with Crippen LogP contribution in [0.1, 0.15) is 17.2 Å². The third-order valence-corrected chi connectivity index (χ3v) is 6.41. The summed E-state index contributed by atoms with van der Waals surface area (Å²) in [6.07, 6.45) is 0. The number of phenolic OH excluding ortho intramolecular Hbond substituents is 1. The van der Waals surface area contributed by atoms with Crippen molar-refractivity contribution in [3.05, 3.63) is 86.4 Å². The van der Waals surface area contributed by atoms with Crippen molar-refractivity contribution < 1.29 is 29.3 Å². The topological polar surface area (TPSA) is 96.3 Å². The second kappa shape index (κ2) is 9.70. The molecule has 1 aliphatic rings. The maximum atomic E-state index is 13.3. The third-order valence-electron chi connectivity index (χ3n) is 5.53. The number of anilines is 1. The molecule has 1 saturated heterocycles. The smallest absolute Gasteiger partial charge is 0.300 e. The molecule has 7 nitrogen and oxygen atoms in total. The number of phenols is 1. The molecule has 10 heteroatoms. The second-order valence-corrected chi connectivity index (χ2v) is 8.75. The Balaban J connectivity index is 2.02. The van der Waals surface area contributed by atoms with Crippen molar-refractivity contribution in [2.24, 2.45) is 0 Å². The number of aliphatic hydroxyl groups excluding tert-OH is 1. The number of benzene rings is 3. The molecule has 3 aromatic rings. The van der Waals surface area contributed by atoms with E-state index in [-0.39, 0.29) is 38.4 Å². The van der Waals surface area contributed by atoms with Crippen LogP contribution < -0.4 is 14.4 Å². The number of aliphatic hydroxyl groups is 1. The van der Waals surface area contributed by atoms with Crippen molar-refractivity contribution in [2.75, 3.05) is 19.1 Å². The van der Waals surface area contributed by atoms with Gasteiger partial charge in [0.15, 0.2) is 11.5 Å². The number of halogens is 3. The van der Waals surface area contributed by atoms with Crippen LogP contribution in [0.2, 0.25) is 15.1 Å². The molecule has 4 rings (SSSR count). The van der Waals surface area contributed by atoms with Crippen LogP contribution in [0.3, 0.4) is 0 Å². The molecular formula is C25H18Cl3NO6. The largest absolute Gasteiger partial charge is 0.508 e. The molecule has 180 valence electrons. The van der Waals surface area contributed by atoms with Gasteiger partial charge in [-0.1, -0.05) is 46.9 Å². The number of hydrogen-bond acceptors (Lipinski definition) is 6. The van der Waals surface area contributed by atoms with E-state index >= 15 is 0 Å². The summed E-state index contributed by atoms with van der Waals surface area (Å²) in [4.78, 5) is 27.7. The van der Waals surface area contributed by atoms with Gasteiger partial charge in [-0.05, 0) is 48.0 Å². The minimum absolute atomic E-state index is 0.00207. The van der Waals surface area contributed by atoms with Crippen LogP contribution in [0, 0.1) is 0 Å². The van der Waals surface area contributed by atoms with Gasteiger partial charge in [0.2, 0.25) is 0 Å². The van der Waals surface area contributed by atoms with Crippen LogP contribution in [0.5, 0.6) is 17.2 Å². The summed E-state index contributed by atoms with van der Waals surface area (Å²) < 4.78 is 10.6. The first-order valence-corrected chi connectivity index (χ1v) is 11.3. The Morgan fingerprint density at radius 1 is 0.943 bits per heavy atom. The Morgan fingerprint density at radius 3 is 2.20 bits per heavy atom. The molecule has 0 saturated carbocycles. The highest BCUT2D eigenvalue weighted by Gasteiger charge is 2.47. The fourth-order valence-electron chi connectivity index (χ4n) is 4.00. The number of methoxy groups -OCH3 is 2. The normalized spacial score (nSPS) is 17.1. The van der Waals surface area contributed by atoms with Gasteiger partial charge < -0.3 is 19.7 Å². The number of Topliss-reactive ketones (excluding diaryl/α,β-unsaturated/α-hetero) is 1. The highest BCUT2D eigenvalue weighted by molar-refractivity contribution is 6.52. The van der Waals surface area contributed by atoms with Crippen molar-refractivity contribution in [3.8, 4) is 17.2 Å². The summed E-state index contributed by atoms with van der Waals surface area (Å²) in [5.74, 6) is -2.36. The van der Waals surface area contributed by atoms with Gasteiger partial charge in [0.05, 0.1) is 36.4 Å². The van der Waals surface area contributed by atoms with E-state index in [0.717, 1.165) is 0 Å². The van der Waals surface area contributed by atoms with E-state index in [1.165, 1.54) is 37.3 Å². The van der Waals surface area contributed by atoms with Gasteiger partial charge in [0.25, 0.3) is 11.7 Å². The molecule has 1 amide bonds. The average molecular weight is 535 g/mol. The number of nitrogens with zero attached hydrogens (tertiary/aromatic N) is 1. The first kappa shape index (κ1) is 24.7. The lowest BCUT2D eigenvalue weighted by molar-refractivity contribution is -0.132. The Bertz CT molecular complexity index is 1370. The van der Waals surface area contributed by atoms with Gasteiger partial charge in [0, 0.05) is 10.7 Å². The number of hydrogen-bond donors (Lipinski definition) is 2. The van der Waals surface area contributed by atoms with Crippen molar-refractivity contribution in [1.82, 2.24) is 0 Å². The lowest BCUT2D eigenvalue weighted by Crippen LogP contribution is -2.29. The van der Waals surface area contributed by atoms with Gasteiger partial charge in [-0.3, -0.25) is 14.5 Å². The van der Waals surface area contributed by atoms with Gasteiger partial charge in [0.1, 0.15) is 16.5 Å². The van der Waals surface area contributed by atoms with Crippen LogP contribution in [-0.2, 0) is 9.59 Å². The molecule has 35 heavy (non-hydrogen) atoms. The monoisotopic (exact) mass is 533 g/mol. The van der Waals surface area contributed by atoms with Gasteiger partial charge in [-0.25, -0.2) is 0 Å². The molecule has 1 unspecified atom stereocenters. The molecule has 0 bridgehead atoms. The van der Waals surface area contributed by atoms with E-state index in [0.29, 0.717) is 16.3 Å². The summed E-state index contributed by atoms with van der Waals surface area (Å²) in [6, 6.07) is 12.6. The number of ether oxygens (including phenoxy) is 2. The molecule has 1 atom stereocenters. The molecular weight excluding hydrogens is 517 g/mol. The Kier molecular flexibility index (Phi) is 6.85. The Morgan fingerprint density at radius 2 is 1.60 bits per heavy atom. The van der Waals surface area contributed by atoms with E-state index in [2.05, 4.69) is 0 Å². The molecule has 2 N–H and O–H groups in total. The minimum atomic E-state index is -1.09. The van der Waals surface area contributed by atoms with E-state index in [1.54, 1.807) is 36.4 Å². The fourth-order valence-corrected chi connectivity index (χ4v) is 4.82. The van der Waals surface area contributed by atoms with Gasteiger partial charge >= 0.3 is 0 Å². The fraction of sp³-hybridized carbons (Fsp3) is 0.120. The molecule has 0 spiro atoms. The molecule has 0 aliphatic carbocycles. The zero-order valence-corrected chi connectivity index (χ0v) is 20.6. The molecule has 0 radical (unpaired) electrons. The van der Waals surface area contributed by atoms with Gasteiger partial charge in [-0.2, -0.15) is 0 Å². The molecule has 1 fully saturated rings. The average Bonchev–Trinajstić information content (AvgIpc) is 3.09. The van der Waals surface area contributed by atoms with Crippen LogP contribution in [-0.4, -0.2) is 36.1 Å². The third kappa shape index (κ3) is 4.27. The SMILES string of the molecule is COc1c(Cl)cc(/C(O)=C2\C(=O)C(=O)N(c3ccc(Cl)cc3)C2c2cccc(O)c2)c(OC)c1Cl. The number of ketones is 1. The van der Waals surface area contributed by atoms with E-state index in [1.807, 2.05) is 0 Å². The van der Waals surface area contributed by atoms with Crippen molar-refractivity contribution in [2.45, 2.75) is 6.04 Å². The van der Waals surface area contributed by atoms with Gasteiger partial charge in [-0.15, -0.1) is 0 Å². The zero-order chi connectivity index (χ0) is 25.4. The van der Waals surface area contributed by atoms with Crippen LogP contribution in [0.25, 0.3) is 5.76 Å². The summed E-state index contributed by atoms with van der Waals surface area (Å²) in [5, 5.41) is 22.0. The quantitative estimate of drug-likeness (QED) is 0.237. The highest BCUT2D eigenvalue weighted by atomic mass is 35.5. The van der Waals surface area contributed by atoms with E-state index in [4.69, 9.17) is 44.3 Å². The van der Waals surface area contributed by atoms with Crippen LogP contribution in [0.15, 0.2) is 60.2 Å². The second-order valence-electron chi connectivity index (χ2n) is 7.53. The number of amides is 1. The highest BCUT2D eigenvalue weighted by Crippen LogP contribution is 2.48. The first-order valence-electron chi connectivity index (χ1n) is 10.2. The van der Waals surface area contributed by atoms with Crippen molar-refractivity contribution in [1.29, 1.82) is 0 Å². The maximum Gasteiger partial charge on any atom is 0.300 e. The van der Waals surface area contributed by atoms with Crippen LogP contribution in [0.4, 0.5) is 5.69 Å². The number of carbonyl (C=O) groups is 2. The number of rotatable bonds is 5. The number of carbonyl (C=O) groups excluding carboxylic acids is 2. The predicted molar refractivity (Wildman–Crippen MR) is 134 cm³/mol. The molecule has 0 aromatic heterocycles. The van der Waals surface area contributed by atoms with Crippen molar-refractivity contribution >= 4 is 57.9 Å². The summed E-state index contributed by atoms with van der Waals surface area (Å²) in [5.41, 5.74) is 0.487. The standard InChI is InChI=1S/C25H18Cl3NO6/c1-34-23-16(11-17(27)24(35-2)19(23)28)21(31)18-20(12-4-3-5-15(30)10-12)29(25(33)22(18)32)14-8-6-13(26)7-9-14/h3-11,20,30-31H,1-2H3/b21-18+. The Hall–Kier alpha value is -3.39. The molecule has 1 heterocycles.